The van der Waals surface area contributed by atoms with Gasteiger partial charge in [-0.25, -0.2) is 4.79 Å². The van der Waals surface area contributed by atoms with Crippen molar-refractivity contribution < 1.29 is 38.2 Å². The molecular weight excluding hydrogens is 546 g/mol. The van der Waals surface area contributed by atoms with Crippen LogP contribution in [0.3, 0.4) is 0 Å². The van der Waals surface area contributed by atoms with Crippen LogP contribution in [0.5, 0.6) is 0 Å². The van der Waals surface area contributed by atoms with Crippen LogP contribution in [0, 0.1) is 0 Å². The van der Waals surface area contributed by atoms with Gasteiger partial charge in [0.2, 0.25) is 5.52 Å². The molecule has 2 aromatic rings. The quantitative estimate of drug-likeness (QED) is 0.163. The fraction of sp³-hybridized carbons (Fsp3) is 0.545. The van der Waals surface area contributed by atoms with Crippen LogP contribution in [-0.2, 0) is 13.9 Å². The Morgan fingerprint density at radius 2 is 1.78 bits per heavy atom. The number of amides is 1. The Morgan fingerprint density at radius 1 is 1.14 bits per heavy atom. The molecule has 1 aromatic carbocycles. The lowest BCUT2D eigenvalue weighted by Crippen LogP contribution is -2.41. The van der Waals surface area contributed by atoms with E-state index in [4.69, 9.17) is 16.3 Å². The lowest BCUT2D eigenvalue weighted by atomic mass is 10.1. The summed E-state index contributed by atoms with van der Waals surface area (Å²) in [5.41, 5.74) is -1.24. The number of hydrogen-bond donors (Lipinski definition) is 5. The van der Waals surface area contributed by atoms with E-state index in [1.54, 1.807) is 30.5 Å². The van der Waals surface area contributed by atoms with Crippen LogP contribution in [0.4, 0.5) is 10.5 Å². The summed E-state index contributed by atoms with van der Waals surface area (Å²) in [6.07, 6.45) is 2.33. The van der Waals surface area contributed by atoms with Gasteiger partial charge >= 0.3 is 21.3 Å². The molecule has 0 aliphatic rings. The number of hydrogen-bond acceptors (Lipinski definition) is 7. The van der Waals surface area contributed by atoms with Gasteiger partial charge in [0.1, 0.15) is 6.61 Å². The van der Waals surface area contributed by atoms with Crippen molar-refractivity contribution in [2.24, 2.45) is 0 Å². The summed E-state index contributed by atoms with van der Waals surface area (Å²) in [4.78, 5) is 58.3. The van der Waals surface area contributed by atoms with Gasteiger partial charge < -0.3 is 29.2 Å². The number of halogens is 1. The highest BCUT2D eigenvalue weighted by Gasteiger charge is 2.43. The highest BCUT2D eigenvalue weighted by Crippen LogP contribution is 2.58. The summed E-state index contributed by atoms with van der Waals surface area (Å²) in [7, 11) is -10.3. The van der Waals surface area contributed by atoms with Crippen molar-refractivity contribution in [1.82, 2.24) is 15.2 Å². The number of nitrogens with one attached hydrogen (secondary N) is 1. The van der Waals surface area contributed by atoms with Gasteiger partial charge in [-0.05, 0) is 63.7 Å². The van der Waals surface area contributed by atoms with E-state index in [1.807, 2.05) is 6.92 Å². The number of rotatable bonds is 14. The highest BCUT2D eigenvalue weighted by atomic mass is 35.5. The average Bonchev–Trinajstić information content (AvgIpc) is 2.80. The fourth-order valence-corrected chi connectivity index (χ4v) is 6.41. The number of pyridine rings is 1. The number of carbonyl (C=O) groups is 1. The van der Waals surface area contributed by atoms with E-state index in [-0.39, 0.29) is 19.2 Å². The van der Waals surface area contributed by atoms with Crippen LogP contribution in [0.15, 0.2) is 30.5 Å². The predicted molar refractivity (Wildman–Crippen MR) is 143 cm³/mol. The maximum absolute atomic E-state index is 13.3. The third-order valence-electron chi connectivity index (χ3n) is 5.86. The minimum atomic E-state index is -5.15. The van der Waals surface area contributed by atoms with E-state index < -0.39 is 26.8 Å². The van der Waals surface area contributed by atoms with E-state index in [9.17, 15) is 33.5 Å². The maximum Gasteiger partial charge on any atom is 0.414 e. The average molecular weight is 581 g/mol. The largest absolute Gasteiger partial charge is 0.448 e. The molecule has 2 rings (SSSR count). The molecule has 12 nitrogen and oxygen atoms in total. The van der Waals surface area contributed by atoms with Gasteiger partial charge in [-0.3, -0.25) is 24.3 Å². The standard InChI is InChI=1S/C22H35ClN4O8P2/c1-4-26(5-2)13-6-7-16(3)27(20-10-11-24-19-15-17(23)8-9-18(19)20)22(28)35-14-12-25-21(36(29,30)31)37(32,33)34/h8-11,15-16,21,25H,4-7,12-14H2,1-3H3,(H2,29,30,31)(H2,32,33,34). The van der Waals surface area contributed by atoms with Gasteiger partial charge in [-0.15, -0.1) is 0 Å². The predicted octanol–water partition coefficient (Wildman–Crippen LogP) is 3.57. The molecule has 5 N–H and O–H groups in total. The molecule has 0 saturated carbocycles. The van der Waals surface area contributed by atoms with Crippen LogP contribution >= 0.6 is 26.8 Å². The zero-order valence-electron chi connectivity index (χ0n) is 21.0. The van der Waals surface area contributed by atoms with Gasteiger partial charge in [0.15, 0.2) is 0 Å². The van der Waals surface area contributed by atoms with Crippen molar-refractivity contribution in [2.45, 2.75) is 45.2 Å². The molecule has 0 aliphatic carbocycles. The van der Waals surface area contributed by atoms with Gasteiger partial charge in [0.05, 0.1) is 11.2 Å². The minimum absolute atomic E-state index is 0.282. The molecule has 1 heterocycles. The van der Waals surface area contributed by atoms with E-state index in [2.05, 4.69) is 29.0 Å². The Hall–Kier alpha value is -1.59. The van der Waals surface area contributed by atoms with Crippen LogP contribution in [-0.4, -0.2) is 79.9 Å². The topological polar surface area (TPSA) is 173 Å². The van der Waals surface area contributed by atoms with Crippen LogP contribution < -0.4 is 10.2 Å². The van der Waals surface area contributed by atoms with Gasteiger partial charge in [-0.1, -0.05) is 25.4 Å². The van der Waals surface area contributed by atoms with Crippen LogP contribution in [0.2, 0.25) is 5.02 Å². The summed E-state index contributed by atoms with van der Waals surface area (Å²) in [5.74, 6) is 0. The summed E-state index contributed by atoms with van der Waals surface area (Å²) in [5, 5.41) is 3.28. The molecule has 0 bridgehead atoms. The van der Waals surface area contributed by atoms with E-state index in [1.165, 1.54) is 4.90 Å². The summed E-state index contributed by atoms with van der Waals surface area (Å²) in [6, 6.07) is 6.54. The molecule has 0 fully saturated rings. The molecule has 37 heavy (non-hydrogen) atoms. The lowest BCUT2D eigenvalue weighted by Gasteiger charge is -2.30. The first-order valence-electron chi connectivity index (χ1n) is 11.9. The van der Waals surface area contributed by atoms with Gasteiger partial charge in [0.25, 0.3) is 0 Å². The monoisotopic (exact) mass is 580 g/mol. The maximum atomic E-state index is 13.3. The van der Waals surface area contributed by atoms with Crippen molar-refractivity contribution >= 4 is 49.5 Å². The van der Waals surface area contributed by atoms with E-state index in [0.717, 1.165) is 26.1 Å². The minimum Gasteiger partial charge on any atom is -0.448 e. The van der Waals surface area contributed by atoms with Crippen molar-refractivity contribution in [3.8, 4) is 0 Å². The Bertz CT molecular complexity index is 1120. The number of anilines is 1. The Kier molecular flexibility index (Phi) is 12.0. The van der Waals surface area contributed by atoms with E-state index >= 15 is 0 Å². The van der Waals surface area contributed by atoms with Gasteiger partial charge in [-0.2, -0.15) is 0 Å². The van der Waals surface area contributed by atoms with Crippen LogP contribution in [0.25, 0.3) is 10.9 Å². The van der Waals surface area contributed by atoms with Crippen molar-refractivity contribution in [2.75, 3.05) is 37.7 Å². The molecule has 1 unspecified atom stereocenters. The molecule has 1 amide bonds. The number of ether oxygens (including phenoxy) is 1. The molecule has 0 saturated heterocycles. The Balaban J connectivity index is 2.22. The number of fused-ring (bicyclic) bond motifs is 1. The molecule has 1 aromatic heterocycles. The SMILES string of the molecule is CCN(CC)CCCC(C)N(C(=O)OCCNC(P(=O)(O)O)P(=O)(O)O)c1ccnc2cc(Cl)ccc12. The van der Waals surface area contributed by atoms with Crippen molar-refractivity contribution in [1.29, 1.82) is 0 Å². The molecule has 0 aliphatic heterocycles. The van der Waals surface area contributed by atoms with E-state index in [0.29, 0.717) is 28.0 Å². The number of nitrogens with zero attached hydrogens (tertiary/aromatic N) is 3. The summed E-state index contributed by atoms with van der Waals surface area (Å²) >= 11 is 6.11. The Morgan fingerprint density at radius 3 is 2.38 bits per heavy atom. The normalized spacial score (nSPS) is 13.4. The first-order valence-corrected chi connectivity index (χ1v) is 15.6. The molecule has 0 spiro atoms. The van der Waals surface area contributed by atoms with Crippen molar-refractivity contribution in [3.05, 3.63) is 35.5 Å². The van der Waals surface area contributed by atoms with Gasteiger partial charge in [0, 0.05) is 29.2 Å². The molecule has 0 radical (unpaired) electrons. The second-order valence-corrected chi connectivity index (χ2v) is 12.7. The second kappa shape index (κ2) is 14.0. The molecule has 15 heteroatoms. The third-order valence-corrected chi connectivity index (χ3v) is 9.54. The second-order valence-electron chi connectivity index (χ2n) is 8.50. The smallest absolute Gasteiger partial charge is 0.414 e. The third kappa shape index (κ3) is 9.28. The van der Waals surface area contributed by atoms with Crippen LogP contribution in [0.1, 0.15) is 33.6 Å². The number of aromatic nitrogens is 1. The first-order chi connectivity index (χ1) is 17.3. The first kappa shape index (κ1) is 31.6. The number of benzene rings is 1. The zero-order chi connectivity index (χ0) is 27.8. The fourth-order valence-electron chi connectivity index (χ4n) is 3.94. The zero-order valence-corrected chi connectivity index (χ0v) is 23.6. The summed E-state index contributed by atoms with van der Waals surface area (Å²) in [6.45, 7) is 8.00. The highest BCUT2D eigenvalue weighted by molar-refractivity contribution is 7.70. The molecular formula is C22H35ClN4O8P2. The lowest BCUT2D eigenvalue weighted by molar-refractivity contribution is 0.151. The summed E-state index contributed by atoms with van der Waals surface area (Å²) < 4.78 is 28.2. The van der Waals surface area contributed by atoms with Crippen molar-refractivity contribution in [3.63, 3.8) is 0 Å². The number of carbonyl (C=O) groups excluding carboxylic acids is 1. The molecule has 208 valence electrons. The molecule has 1 atom stereocenters. The Labute approximate surface area is 221 Å².